The highest BCUT2D eigenvalue weighted by Gasteiger charge is 2.32. The number of benzene rings is 1. The molecule has 2 aromatic rings. The van der Waals surface area contributed by atoms with Gasteiger partial charge >= 0.3 is 0 Å². The molecule has 0 bridgehead atoms. The second-order valence-electron chi connectivity index (χ2n) is 6.31. The Balaban J connectivity index is 1.85. The molecule has 1 amide bonds. The van der Waals surface area contributed by atoms with Gasteiger partial charge in [-0.25, -0.2) is 4.68 Å². The van der Waals surface area contributed by atoms with Crippen molar-refractivity contribution in [3.63, 3.8) is 0 Å². The molecule has 0 radical (unpaired) electrons. The van der Waals surface area contributed by atoms with E-state index in [0.29, 0.717) is 29.6 Å². The molecule has 0 saturated heterocycles. The summed E-state index contributed by atoms with van der Waals surface area (Å²) >= 11 is 6.25. The number of halogens is 1. The zero-order valence-electron chi connectivity index (χ0n) is 13.9. The van der Waals surface area contributed by atoms with E-state index in [1.165, 1.54) is 0 Å². The molecule has 1 aromatic carbocycles. The number of aryl methyl sites for hydroxylation is 1. The lowest BCUT2D eigenvalue weighted by atomic mass is 10.1. The molecule has 1 aromatic heterocycles. The molecule has 1 aliphatic rings. The van der Waals surface area contributed by atoms with Crippen molar-refractivity contribution in [2.45, 2.75) is 38.5 Å². The maximum absolute atomic E-state index is 12.5. The summed E-state index contributed by atoms with van der Waals surface area (Å²) in [6.07, 6.45) is 5.66. The Bertz CT molecular complexity index is 737. The standard InChI is InChI=1S/C18H23ClN4O/c1-12-4-7-14(10-16(12)19)23-17(13-5-6-13)15(11-22-23)18(24)21-9-3-2-8-20/h4,7,10-11,13H,2-3,5-6,8-9,20H2,1H3,(H,21,24). The summed E-state index contributed by atoms with van der Waals surface area (Å²) in [5.74, 6) is 0.343. The zero-order chi connectivity index (χ0) is 17.1. The van der Waals surface area contributed by atoms with Crippen molar-refractivity contribution >= 4 is 17.5 Å². The number of amides is 1. The summed E-state index contributed by atoms with van der Waals surface area (Å²) in [6.45, 7) is 3.26. The second-order valence-corrected chi connectivity index (χ2v) is 6.72. The lowest BCUT2D eigenvalue weighted by Gasteiger charge is -2.10. The van der Waals surface area contributed by atoms with Crippen LogP contribution in [0.4, 0.5) is 0 Å². The van der Waals surface area contributed by atoms with Crippen molar-refractivity contribution in [2.75, 3.05) is 13.1 Å². The SMILES string of the molecule is Cc1ccc(-n2ncc(C(=O)NCCCCN)c2C2CC2)cc1Cl. The van der Waals surface area contributed by atoms with Gasteiger partial charge in [0.15, 0.2) is 0 Å². The molecule has 0 unspecified atom stereocenters. The molecular weight excluding hydrogens is 324 g/mol. The van der Waals surface area contributed by atoms with E-state index < -0.39 is 0 Å². The number of nitrogens with two attached hydrogens (primary N) is 1. The van der Waals surface area contributed by atoms with Gasteiger partial charge < -0.3 is 11.1 Å². The smallest absolute Gasteiger partial charge is 0.254 e. The fraction of sp³-hybridized carbons (Fsp3) is 0.444. The number of carbonyl (C=O) groups is 1. The van der Waals surface area contributed by atoms with E-state index >= 15 is 0 Å². The topological polar surface area (TPSA) is 72.9 Å². The van der Waals surface area contributed by atoms with Gasteiger partial charge in [0, 0.05) is 17.5 Å². The van der Waals surface area contributed by atoms with Crippen molar-refractivity contribution in [2.24, 2.45) is 5.73 Å². The molecule has 128 valence electrons. The molecule has 0 aliphatic heterocycles. The number of unbranched alkanes of at least 4 members (excludes halogenated alkanes) is 1. The minimum Gasteiger partial charge on any atom is -0.352 e. The van der Waals surface area contributed by atoms with Crippen LogP contribution in [0.5, 0.6) is 0 Å². The average molecular weight is 347 g/mol. The minimum absolute atomic E-state index is 0.0571. The van der Waals surface area contributed by atoms with Crippen LogP contribution < -0.4 is 11.1 Å². The molecule has 1 saturated carbocycles. The number of hydrogen-bond donors (Lipinski definition) is 2. The highest BCUT2D eigenvalue weighted by Crippen LogP contribution is 2.42. The third kappa shape index (κ3) is 3.62. The van der Waals surface area contributed by atoms with E-state index in [-0.39, 0.29) is 5.91 Å². The number of hydrogen-bond acceptors (Lipinski definition) is 3. The number of aromatic nitrogens is 2. The summed E-state index contributed by atoms with van der Waals surface area (Å²) in [5, 5.41) is 8.14. The first kappa shape index (κ1) is 17.0. The molecule has 0 atom stereocenters. The van der Waals surface area contributed by atoms with Gasteiger partial charge in [0.2, 0.25) is 0 Å². The Kier molecular flexibility index (Phi) is 5.21. The first-order chi connectivity index (χ1) is 11.6. The Morgan fingerprint density at radius 1 is 1.42 bits per heavy atom. The van der Waals surface area contributed by atoms with E-state index in [2.05, 4.69) is 10.4 Å². The number of nitrogens with one attached hydrogen (secondary N) is 1. The van der Waals surface area contributed by atoms with Gasteiger partial charge in [0.1, 0.15) is 0 Å². The van der Waals surface area contributed by atoms with Crippen molar-refractivity contribution in [3.05, 3.63) is 46.2 Å². The Morgan fingerprint density at radius 3 is 2.88 bits per heavy atom. The molecule has 1 heterocycles. The highest BCUT2D eigenvalue weighted by atomic mass is 35.5. The summed E-state index contributed by atoms with van der Waals surface area (Å²) in [5.41, 5.74) is 9.07. The van der Waals surface area contributed by atoms with E-state index in [9.17, 15) is 4.79 Å². The predicted molar refractivity (Wildman–Crippen MR) is 95.9 cm³/mol. The minimum atomic E-state index is -0.0571. The van der Waals surface area contributed by atoms with Crippen molar-refractivity contribution < 1.29 is 4.79 Å². The first-order valence-electron chi connectivity index (χ1n) is 8.44. The molecule has 5 nitrogen and oxygen atoms in total. The van der Waals surface area contributed by atoms with Crippen LogP contribution in [0.15, 0.2) is 24.4 Å². The van der Waals surface area contributed by atoms with E-state index in [4.69, 9.17) is 17.3 Å². The Hall–Kier alpha value is -1.85. The zero-order valence-corrected chi connectivity index (χ0v) is 14.6. The van der Waals surface area contributed by atoms with Crippen molar-refractivity contribution in [1.82, 2.24) is 15.1 Å². The largest absolute Gasteiger partial charge is 0.352 e. The molecule has 1 aliphatic carbocycles. The van der Waals surface area contributed by atoms with Gasteiger partial charge in [-0.1, -0.05) is 17.7 Å². The number of carbonyl (C=O) groups excluding carboxylic acids is 1. The van der Waals surface area contributed by atoms with Crippen molar-refractivity contribution in [3.8, 4) is 5.69 Å². The van der Waals surface area contributed by atoms with Gasteiger partial charge in [-0.2, -0.15) is 5.10 Å². The molecular formula is C18H23ClN4O. The molecule has 3 rings (SSSR count). The second kappa shape index (κ2) is 7.36. The van der Waals surface area contributed by atoms with Crippen molar-refractivity contribution in [1.29, 1.82) is 0 Å². The van der Waals surface area contributed by atoms with E-state index in [0.717, 1.165) is 42.6 Å². The molecule has 3 N–H and O–H groups in total. The van der Waals surface area contributed by atoms with Gasteiger partial charge in [-0.05, 0) is 56.8 Å². The van der Waals surface area contributed by atoms with Crippen LogP contribution in [-0.4, -0.2) is 28.8 Å². The van der Waals surface area contributed by atoms with E-state index in [1.54, 1.807) is 6.20 Å². The summed E-state index contributed by atoms with van der Waals surface area (Å²) in [4.78, 5) is 12.5. The average Bonchev–Trinajstić information content (AvgIpc) is 3.32. The van der Waals surface area contributed by atoms with Crippen LogP contribution in [0.3, 0.4) is 0 Å². The highest BCUT2D eigenvalue weighted by molar-refractivity contribution is 6.31. The lowest BCUT2D eigenvalue weighted by Crippen LogP contribution is -2.25. The molecule has 24 heavy (non-hydrogen) atoms. The maximum atomic E-state index is 12.5. The van der Waals surface area contributed by atoms with Gasteiger partial charge in [0.25, 0.3) is 5.91 Å². The Morgan fingerprint density at radius 2 is 2.21 bits per heavy atom. The number of nitrogens with zero attached hydrogens (tertiary/aromatic N) is 2. The number of rotatable bonds is 7. The van der Waals surface area contributed by atoms with E-state index in [1.807, 2.05) is 29.8 Å². The lowest BCUT2D eigenvalue weighted by molar-refractivity contribution is 0.0952. The molecule has 6 heteroatoms. The fourth-order valence-electron chi connectivity index (χ4n) is 2.77. The summed E-state index contributed by atoms with van der Waals surface area (Å²) < 4.78 is 1.86. The van der Waals surface area contributed by atoms with Crippen LogP contribution in [0.2, 0.25) is 5.02 Å². The Labute approximate surface area is 147 Å². The molecule has 0 spiro atoms. The summed E-state index contributed by atoms with van der Waals surface area (Å²) in [6, 6.07) is 5.87. The van der Waals surface area contributed by atoms with Crippen LogP contribution >= 0.6 is 11.6 Å². The first-order valence-corrected chi connectivity index (χ1v) is 8.82. The van der Waals surface area contributed by atoms with Crippen LogP contribution in [0, 0.1) is 6.92 Å². The van der Waals surface area contributed by atoms with Gasteiger partial charge in [0.05, 0.1) is 23.1 Å². The third-order valence-corrected chi connectivity index (χ3v) is 4.74. The van der Waals surface area contributed by atoms with Gasteiger partial charge in [-0.15, -0.1) is 0 Å². The molecule has 1 fully saturated rings. The van der Waals surface area contributed by atoms with Crippen LogP contribution in [0.1, 0.15) is 53.2 Å². The van der Waals surface area contributed by atoms with Crippen LogP contribution in [-0.2, 0) is 0 Å². The predicted octanol–water partition coefficient (Wildman–Crippen LogP) is 3.18. The quantitative estimate of drug-likeness (QED) is 0.756. The summed E-state index contributed by atoms with van der Waals surface area (Å²) in [7, 11) is 0. The van der Waals surface area contributed by atoms with Crippen LogP contribution in [0.25, 0.3) is 5.69 Å². The fourth-order valence-corrected chi connectivity index (χ4v) is 2.94. The normalized spacial score (nSPS) is 14.0. The monoisotopic (exact) mass is 346 g/mol. The third-order valence-electron chi connectivity index (χ3n) is 4.33. The van der Waals surface area contributed by atoms with Gasteiger partial charge in [-0.3, -0.25) is 4.79 Å². The maximum Gasteiger partial charge on any atom is 0.254 e.